The molecule has 1 fully saturated rings. The molecule has 1 atom stereocenters. The zero-order valence-corrected chi connectivity index (χ0v) is 12.8. The van der Waals surface area contributed by atoms with Crippen LogP contribution in [0.1, 0.15) is 0 Å². The van der Waals surface area contributed by atoms with E-state index in [0.717, 1.165) is 11.3 Å². The van der Waals surface area contributed by atoms with Crippen molar-refractivity contribution >= 4 is 11.7 Å². The van der Waals surface area contributed by atoms with E-state index in [1.54, 1.807) is 11.2 Å². The first-order valence-corrected chi connectivity index (χ1v) is 7.65. The van der Waals surface area contributed by atoms with Gasteiger partial charge < -0.3 is 24.5 Å². The maximum Gasteiger partial charge on any atom is 0.321 e. The molecule has 6 heteroatoms. The smallest absolute Gasteiger partial charge is 0.321 e. The van der Waals surface area contributed by atoms with Gasteiger partial charge in [-0.2, -0.15) is 0 Å². The number of urea groups is 1. The molecule has 3 rings (SSSR count). The van der Waals surface area contributed by atoms with Gasteiger partial charge in [-0.3, -0.25) is 0 Å². The maximum atomic E-state index is 12.4. The summed E-state index contributed by atoms with van der Waals surface area (Å²) in [6.07, 6.45) is 1.62. The molecule has 1 saturated heterocycles. The lowest BCUT2D eigenvalue weighted by Gasteiger charge is -2.23. The fourth-order valence-electron chi connectivity index (χ4n) is 2.57. The molecule has 23 heavy (non-hydrogen) atoms. The van der Waals surface area contributed by atoms with E-state index in [0.29, 0.717) is 32.0 Å². The Morgan fingerprint density at radius 1 is 1.35 bits per heavy atom. The molecule has 0 saturated carbocycles. The van der Waals surface area contributed by atoms with Crippen LogP contribution in [0.5, 0.6) is 0 Å². The van der Waals surface area contributed by atoms with Gasteiger partial charge in [0.15, 0.2) is 0 Å². The number of aliphatic hydroxyl groups excluding tert-OH is 1. The van der Waals surface area contributed by atoms with Gasteiger partial charge in [-0.25, -0.2) is 4.79 Å². The Morgan fingerprint density at radius 2 is 2.26 bits per heavy atom. The second-order valence-electron chi connectivity index (χ2n) is 5.56. The molecule has 2 heterocycles. The van der Waals surface area contributed by atoms with Crippen LogP contribution < -0.4 is 5.32 Å². The van der Waals surface area contributed by atoms with Crippen molar-refractivity contribution < 1.29 is 19.1 Å². The van der Waals surface area contributed by atoms with Crippen LogP contribution in [0, 0.1) is 5.92 Å². The molecule has 0 spiro atoms. The minimum absolute atomic E-state index is 0.0117. The predicted octanol–water partition coefficient (Wildman–Crippen LogP) is 2.42. The molecule has 2 aromatic rings. The van der Waals surface area contributed by atoms with Gasteiger partial charge in [0.1, 0.15) is 5.76 Å². The fourth-order valence-corrected chi connectivity index (χ4v) is 2.57. The summed E-state index contributed by atoms with van der Waals surface area (Å²) in [5, 5.41) is 12.2. The second-order valence-corrected chi connectivity index (χ2v) is 5.56. The van der Waals surface area contributed by atoms with Crippen molar-refractivity contribution in [3.05, 3.63) is 42.7 Å². The van der Waals surface area contributed by atoms with Gasteiger partial charge in [0.2, 0.25) is 0 Å². The molecule has 0 aliphatic carbocycles. The Labute approximate surface area is 134 Å². The van der Waals surface area contributed by atoms with Crippen molar-refractivity contribution in [1.82, 2.24) is 4.90 Å². The Balaban J connectivity index is 1.68. The number of nitrogens with one attached hydrogen (secondary N) is 1. The van der Waals surface area contributed by atoms with Crippen LogP contribution in [0.4, 0.5) is 10.5 Å². The summed E-state index contributed by atoms with van der Waals surface area (Å²) >= 11 is 0. The number of hydrogen-bond acceptors (Lipinski definition) is 4. The summed E-state index contributed by atoms with van der Waals surface area (Å²) in [6, 6.07) is 11.0. The lowest BCUT2D eigenvalue weighted by Crippen LogP contribution is -2.39. The van der Waals surface area contributed by atoms with Crippen LogP contribution in [0.2, 0.25) is 0 Å². The molecular formula is C17H20N2O4. The van der Waals surface area contributed by atoms with Crippen molar-refractivity contribution in [2.45, 2.75) is 0 Å². The van der Waals surface area contributed by atoms with Crippen molar-refractivity contribution in [1.29, 1.82) is 0 Å². The molecule has 0 unspecified atom stereocenters. The number of ether oxygens (including phenoxy) is 1. The van der Waals surface area contributed by atoms with Crippen LogP contribution in [0.25, 0.3) is 11.3 Å². The first-order chi connectivity index (χ1) is 11.3. The Bertz CT molecular complexity index is 642. The number of nitrogens with zero attached hydrogens (tertiary/aromatic N) is 1. The standard InChI is InChI=1S/C17H20N2O4/c20-11-13-10-19(6-8-22-12-13)17(21)18-15-4-1-3-14(9-15)16-5-2-7-23-16/h1-5,7,9,13,20H,6,8,10-12H2,(H,18,21)/t13-/m1/s1. The third-order valence-corrected chi connectivity index (χ3v) is 3.80. The van der Waals surface area contributed by atoms with Gasteiger partial charge in [-0.1, -0.05) is 12.1 Å². The number of anilines is 1. The van der Waals surface area contributed by atoms with Gasteiger partial charge in [-0.05, 0) is 24.3 Å². The number of amides is 2. The molecule has 0 bridgehead atoms. The zero-order valence-electron chi connectivity index (χ0n) is 12.8. The number of aliphatic hydroxyl groups is 1. The SMILES string of the molecule is O=C(Nc1cccc(-c2ccco2)c1)N1CCOC[C@@H](CO)C1. The van der Waals surface area contributed by atoms with Crippen molar-refractivity contribution in [3.63, 3.8) is 0 Å². The highest BCUT2D eigenvalue weighted by molar-refractivity contribution is 5.90. The molecule has 1 aromatic carbocycles. The van der Waals surface area contributed by atoms with Gasteiger partial charge in [0.05, 0.1) is 19.5 Å². The lowest BCUT2D eigenvalue weighted by molar-refractivity contribution is 0.0958. The van der Waals surface area contributed by atoms with Crippen molar-refractivity contribution in [3.8, 4) is 11.3 Å². The van der Waals surface area contributed by atoms with E-state index >= 15 is 0 Å². The minimum Gasteiger partial charge on any atom is -0.464 e. The predicted molar refractivity (Wildman–Crippen MR) is 86.1 cm³/mol. The van der Waals surface area contributed by atoms with Gasteiger partial charge in [0.25, 0.3) is 0 Å². The molecule has 1 aliphatic rings. The van der Waals surface area contributed by atoms with E-state index in [-0.39, 0.29) is 18.6 Å². The molecule has 6 nitrogen and oxygen atoms in total. The number of carbonyl (C=O) groups excluding carboxylic acids is 1. The van der Waals surface area contributed by atoms with E-state index in [1.807, 2.05) is 36.4 Å². The van der Waals surface area contributed by atoms with Crippen molar-refractivity contribution in [2.24, 2.45) is 5.92 Å². The Morgan fingerprint density at radius 3 is 3.04 bits per heavy atom. The molecule has 122 valence electrons. The highest BCUT2D eigenvalue weighted by atomic mass is 16.5. The number of furan rings is 1. The van der Waals surface area contributed by atoms with E-state index in [4.69, 9.17) is 9.15 Å². The fraction of sp³-hybridized carbons (Fsp3) is 0.353. The average molecular weight is 316 g/mol. The van der Waals surface area contributed by atoms with Gasteiger partial charge in [-0.15, -0.1) is 0 Å². The zero-order chi connectivity index (χ0) is 16.1. The van der Waals surface area contributed by atoms with Crippen LogP contribution in [-0.4, -0.2) is 48.9 Å². The lowest BCUT2D eigenvalue weighted by atomic mass is 10.1. The quantitative estimate of drug-likeness (QED) is 0.912. The first-order valence-electron chi connectivity index (χ1n) is 7.65. The monoisotopic (exact) mass is 316 g/mol. The first kappa shape index (κ1) is 15.6. The normalized spacial score (nSPS) is 18.5. The number of hydrogen-bond donors (Lipinski definition) is 2. The van der Waals surface area contributed by atoms with Crippen LogP contribution in [0.15, 0.2) is 47.1 Å². The van der Waals surface area contributed by atoms with E-state index in [1.165, 1.54) is 0 Å². The van der Waals surface area contributed by atoms with E-state index in [9.17, 15) is 9.90 Å². The minimum atomic E-state index is -0.189. The van der Waals surface area contributed by atoms with Crippen LogP contribution in [-0.2, 0) is 4.74 Å². The largest absolute Gasteiger partial charge is 0.464 e. The molecular weight excluding hydrogens is 296 g/mol. The number of rotatable bonds is 3. The summed E-state index contributed by atoms with van der Waals surface area (Å²) in [5.74, 6) is 0.710. The molecule has 0 radical (unpaired) electrons. The highest BCUT2D eigenvalue weighted by Crippen LogP contribution is 2.23. The summed E-state index contributed by atoms with van der Waals surface area (Å²) < 4.78 is 10.8. The number of benzene rings is 1. The second kappa shape index (κ2) is 7.30. The molecule has 1 aromatic heterocycles. The van der Waals surface area contributed by atoms with Crippen LogP contribution in [0.3, 0.4) is 0 Å². The average Bonchev–Trinajstić information content (AvgIpc) is 3.00. The highest BCUT2D eigenvalue weighted by Gasteiger charge is 2.22. The van der Waals surface area contributed by atoms with E-state index in [2.05, 4.69) is 5.32 Å². The summed E-state index contributed by atoms with van der Waals surface area (Å²) in [6.45, 7) is 1.97. The Kier molecular flexibility index (Phi) is 4.95. The van der Waals surface area contributed by atoms with Gasteiger partial charge in [0, 0.05) is 36.9 Å². The van der Waals surface area contributed by atoms with Crippen molar-refractivity contribution in [2.75, 3.05) is 38.2 Å². The Hall–Kier alpha value is -2.31. The summed E-state index contributed by atoms with van der Waals surface area (Å²) in [7, 11) is 0. The third kappa shape index (κ3) is 3.91. The van der Waals surface area contributed by atoms with Crippen LogP contribution >= 0.6 is 0 Å². The molecule has 2 N–H and O–H groups in total. The number of carbonyl (C=O) groups is 1. The summed E-state index contributed by atoms with van der Waals surface area (Å²) in [5.41, 5.74) is 1.61. The van der Waals surface area contributed by atoms with E-state index < -0.39 is 0 Å². The van der Waals surface area contributed by atoms with Gasteiger partial charge >= 0.3 is 6.03 Å². The molecule has 1 aliphatic heterocycles. The molecule has 2 amide bonds. The summed E-state index contributed by atoms with van der Waals surface area (Å²) in [4.78, 5) is 14.1. The maximum absolute atomic E-state index is 12.4. The third-order valence-electron chi connectivity index (χ3n) is 3.80. The topological polar surface area (TPSA) is 74.9 Å².